The number of carbonyl (C=O) groups excluding carboxylic acids is 1. The molecule has 1 aromatic carbocycles. The van der Waals surface area contributed by atoms with Crippen LogP contribution in [0, 0.1) is 0 Å². The van der Waals surface area contributed by atoms with Gasteiger partial charge in [-0.3, -0.25) is 4.79 Å². The average molecular weight is 294 g/mol. The number of methoxy groups -OCH3 is 2. The van der Waals surface area contributed by atoms with Gasteiger partial charge >= 0.3 is 0 Å². The van der Waals surface area contributed by atoms with Crippen molar-refractivity contribution in [3.05, 3.63) is 23.8 Å². The van der Waals surface area contributed by atoms with Crippen LogP contribution in [0.15, 0.2) is 18.2 Å². The van der Waals surface area contributed by atoms with E-state index in [1.54, 1.807) is 14.2 Å². The lowest BCUT2D eigenvalue weighted by Gasteiger charge is -2.12. The van der Waals surface area contributed by atoms with Gasteiger partial charge in [0.25, 0.3) is 0 Å². The summed E-state index contributed by atoms with van der Waals surface area (Å²) in [6.45, 7) is 5.13. The molecular formula is C16H26N2O3. The zero-order chi connectivity index (χ0) is 15.7. The van der Waals surface area contributed by atoms with Crippen molar-refractivity contribution in [2.24, 2.45) is 0 Å². The molecule has 2 N–H and O–H groups in total. The number of nitrogens with one attached hydrogen (secondary N) is 2. The Morgan fingerprint density at radius 2 is 1.95 bits per heavy atom. The number of hydrogen-bond acceptors (Lipinski definition) is 4. The quantitative estimate of drug-likeness (QED) is 0.728. The second-order valence-electron chi connectivity index (χ2n) is 4.98. The minimum atomic E-state index is 0.0239. The Labute approximate surface area is 127 Å². The van der Waals surface area contributed by atoms with E-state index < -0.39 is 0 Å². The second kappa shape index (κ2) is 9.23. The minimum Gasteiger partial charge on any atom is -0.493 e. The summed E-state index contributed by atoms with van der Waals surface area (Å²) in [6, 6.07) is 6.15. The number of rotatable bonds is 9. The number of amides is 1. The van der Waals surface area contributed by atoms with Crippen molar-refractivity contribution in [2.75, 3.05) is 27.3 Å². The first-order chi connectivity index (χ1) is 10.1. The Kier molecular flexibility index (Phi) is 7.61. The van der Waals surface area contributed by atoms with Crippen molar-refractivity contribution in [3.63, 3.8) is 0 Å². The molecule has 0 aliphatic heterocycles. The van der Waals surface area contributed by atoms with Crippen molar-refractivity contribution in [2.45, 2.75) is 32.7 Å². The molecule has 1 aromatic rings. The van der Waals surface area contributed by atoms with Crippen LogP contribution in [0.1, 0.15) is 25.8 Å². The summed E-state index contributed by atoms with van der Waals surface area (Å²) in [4.78, 5) is 11.7. The largest absolute Gasteiger partial charge is 0.493 e. The van der Waals surface area contributed by atoms with Crippen LogP contribution in [0.3, 0.4) is 0 Å². The summed E-state index contributed by atoms with van der Waals surface area (Å²) in [5.74, 6) is 1.44. The molecule has 0 radical (unpaired) electrons. The van der Waals surface area contributed by atoms with E-state index in [-0.39, 0.29) is 5.91 Å². The number of benzene rings is 1. The van der Waals surface area contributed by atoms with Gasteiger partial charge in [0.15, 0.2) is 11.5 Å². The third-order valence-corrected chi connectivity index (χ3v) is 3.41. The predicted molar refractivity (Wildman–Crippen MR) is 84.0 cm³/mol. The van der Waals surface area contributed by atoms with Gasteiger partial charge in [0.05, 0.1) is 20.8 Å². The number of carbonyl (C=O) groups is 1. The summed E-state index contributed by atoms with van der Waals surface area (Å²) in [5, 5.41) is 6.07. The summed E-state index contributed by atoms with van der Waals surface area (Å²) in [7, 11) is 3.23. The van der Waals surface area contributed by atoms with Gasteiger partial charge in [-0.05, 0) is 37.5 Å². The van der Waals surface area contributed by atoms with Crippen molar-refractivity contribution >= 4 is 5.91 Å². The highest BCUT2D eigenvalue weighted by molar-refractivity contribution is 5.78. The molecule has 0 fully saturated rings. The molecule has 0 heterocycles. The standard InChI is InChI=1S/C16H26N2O3/c1-5-12(2)18-11-16(19)17-9-8-13-6-7-14(20-3)15(10-13)21-4/h6-7,10,12,18H,5,8-9,11H2,1-4H3,(H,17,19). The molecule has 1 unspecified atom stereocenters. The first-order valence-electron chi connectivity index (χ1n) is 7.31. The lowest BCUT2D eigenvalue weighted by molar-refractivity contribution is -0.120. The molecule has 1 amide bonds. The van der Waals surface area contributed by atoms with E-state index in [1.807, 2.05) is 18.2 Å². The number of ether oxygens (including phenoxy) is 2. The Morgan fingerprint density at radius 3 is 2.57 bits per heavy atom. The van der Waals surface area contributed by atoms with E-state index in [1.165, 1.54) is 0 Å². The monoisotopic (exact) mass is 294 g/mol. The summed E-state index contributed by atoms with van der Waals surface area (Å²) in [5.41, 5.74) is 1.10. The van der Waals surface area contributed by atoms with Crippen LogP contribution in [-0.2, 0) is 11.2 Å². The maximum atomic E-state index is 11.7. The van der Waals surface area contributed by atoms with Crippen LogP contribution in [-0.4, -0.2) is 39.3 Å². The van der Waals surface area contributed by atoms with Crippen molar-refractivity contribution < 1.29 is 14.3 Å². The van der Waals surface area contributed by atoms with Crippen LogP contribution in [0.4, 0.5) is 0 Å². The van der Waals surface area contributed by atoms with Crippen LogP contribution in [0.2, 0.25) is 0 Å². The summed E-state index contributed by atoms with van der Waals surface area (Å²) < 4.78 is 10.5. The van der Waals surface area contributed by atoms with E-state index >= 15 is 0 Å². The van der Waals surface area contributed by atoms with Crippen molar-refractivity contribution in [1.29, 1.82) is 0 Å². The van der Waals surface area contributed by atoms with Gasteiger partial charge in [-0.2, -0.15) is 0 Å². The third-order valence-electron chi connectivity index (χ3n) is 3.41. The second-order valence-corrected chi connectivity index (χ2v) is 4.98. The van der Waals surface area contributed by atoms with E-state index in [4.69, 9.17) is 9.47 Å². The molecule has 0 saturated heterocycles. The highest BCUT2D eigenvalue weighted by Gasteiger charge is 2.06. The first kappa shape index (κ1) is 17.3. The van der Waals surface area contributed by atoms with Gasteiger partial charge in [0.2, 0.25) is 5.91 Å². The van der Waals surface area contributed by atoms with Gasteiger partial charge in [-0.15, -0.1) is 0 Å². The zero-order valence-corrected chi connectivity index (χ0v) is 13.4. The predicted octanol–water partition coefficient (Wildman–Crippen LogP) is 1.75. The van der Waals surface area contributed by atoms with E-state index in [0.717, 1.165) is 18.4 Å². The molecule has 0 aromatic heterocycles. The highest BCUT2D eigenvalue weighted by Crippen LogP contribution is 2.27. The molecular weight excluding hydrogens is 268 g/mol. The average Bonchev–Trinajstić information content (AvgIpc) is 2.52. The molecule has 1 atom stereocenters. The van der Waals surface area contributed by atoms with Gasteiger partial charge in [0, 0.05) is 12.6 Å². The maximum Gasteiger partial charge on any atom is 0.233 e. The van der Waals surface area contributed by atoms with Crippen LogP contribution < -0.4 is 20.1 Å². The molecule has 1 rings (SSSR count). The molecule has 0 bridgehead atoms. The Hall–Kier alpha value is -1.75. The lowest BCUT2D eigenvalue weighted by Crippen LogP contribution is -2.38. The summed E-state index contributed by atoms with van der Waals surface area (Å²) in [6.07, 6.45) is 1.77. The SMILES string of the molecule is CCC(C)NCC(=O)NCCc1ccc(OC)c(OC)c1. The fourth-order valence-electron chi connectivity index (χ4n) is 1.86. The topological polar surface area (TPSA) is 59.6 Å². The van der Waals surface area contributed by atoms with E-state index in [2.05, 4.69) is 24.5 Å². The fourth-order valence-corrected chi connectivity index (χ4v) is 1.86. The normalized spacial score (nSPS) is 11.8. The van der Waals surface area contributed by atoms with Gasteiger partial charge in [0.1, 0.15) is 0 Å². The van der Waals surface area contributed by atoms with Gasteiger partial charge < -0.3 is 20.1 Å². The molecule has 118 valence electrons. The Morgan fingerprint density at radius 1 is 1.24 bits per heavy atom. The van der Waals surface area contributed by atoms with Gasteiger partial charge in [-0.1, -0.05) is 13.0 Å². The molecule has 0 aliphatic rings. The smallest absolute Gasteiger partial charge is 0.233 e. The number of hydrogen-bond donors (Lipinski definition) is 2. The van der Waals surface area contributed by atoms with Crippen molar-refractivity contribution in [3.8, 4) is 11.5 Å². The fraction of sp³-hybridized carbons (Fsp3) is 0.562. The molecule has 0 saturated carbocycles. The zero-order valence-electron chi connectivity index (χ0n) is 13.4. The maximum absolute atomic E-state index is 11.7. The molecule has 21 heavy (non-hydrogen) atoms. The minimum absolute atomic E-state index is 0.0239. The van der Waals surface area contributed by atoms with Crippen LogP contribution in [0.25, 0.3) is 0 Å². The lowest BCUT2D eigenvalue weighted by atomic mass is 10.1. The van der Waals surface area contributed by atoms with Crippen LogP contribution in [0.5, 0.6) is 11.5 Å². The molecule has 5 heteroatoms. The van der Waals surface area contributed by atoms with Crippen LogP contribution >= 0.6 is 0 Å². The van der Waals surface area contributed by atoms with Gasteiger partial charge in [-0.25, -0.2) is 0 Å². The molecule has 5 nitrogen and oxygen atoms in total. The highest BCUT2D eigenvalue weighted by atomic mass is 16.5. The Bertz CT molecular complexity index is 449. The molecule has 0 aliphatic carbocycles. The van der Waals surface area contributed by atoms with E-state index in [0.29, 0.717) is 30.6 Å². The van der Waals surface area contributed by atoms with Crippen molar-refractivity contribution in [1.82, 2.24) is 10.6 Å². The third kappa shape index (κ3) is 6.04. The first-order valence-corrected chi connectivity index (χ1v) is 7.31. The molecule has 0 spiro atoms. The summed E-state index contributed by atoms with van der Waals surface area (Å²) >= 11 is 0. The van der Waals surface area contributed by atoms with E-state index in [9.17, 15) is 4.79 Å². The Balaban J connectivity index is 2.37.